The first kappa shape index (κ1) is 28.9. The van der Waals surface area contributed by atoms with Crippen LogP contribution in [0, 0.1) is 11.3 Å². The molecular weight excluding hydrogens is 571 g/mol. The Hall–Kier alpha value is -1.68. The molecule has 3 rings (SSSR count). The molecule has 6 nitrogen and oxygen atoms in total. The van der Waals surface area contributed by atoms with Gasteiger partial charge in [0.05, 0.1) is 39.1 Å². The van der Waals surface area contributed by atoms with Crippen molar-refractivity contribution in [3.05, 3.63) is 57.2 Å². The SMILES string of the molecule is C=C[C@]1(C)C(COCc2ccc(OC)c(OC)c2)=C2C(=O)[C@@H](O)[C@](C)(CC/C=C(\C)I)O[C@@H]2C[C@H]1C. The second-order valence-corrected chi connectivity index (χ2v) is 11.9. The fourth-order valence-electron chi connectivity index (χ4n) is 5.25. The molecule has 0 amide bonds. The molecule has 1 aromatic rings. The Bertz CT molecular complexity index is 1040. The molecule has 198 valence electrons. The summed E-state index contributed by atoms with van der Waals surface area (Å²) in [4.78, 5) is 13.7. The van der Waals surface area contributed by atoms with Gasteiger partial charge in [-0.15, -0.1) is 6.58 Å². The molecule has 0 saturated carbocycles. The van der Waals surface area contributed by atoms with Gasteiger partial charge in [-0.1, -0.05) is 32.1 Å². The monoisotopic (exact) mass is 610 g/mol. The van der Waals surface area contributed by atoms with Gasteiger partial charge in [-0.05, 0) is 88.5 Å². The third-order valence-corrected chi connectivity index (χ3v) is 8.29. The summed E-state index contributed by atoms with van der Waals surface area (Å²) in [6, 6.07) is 5.65. The highest BCUT2D eigenvalue weighted by Gasteiger charge is 2.53. The molecule has 1 heterocycles. The number of ether oxygens (including phenoxy) is 4. The highest BCUT2D eigenvalue weighted by Crippen LogP contribution is 2.50. The molecular formula is C29H39IO6. The number of carbonyl (C=O) groups is 1. The van der Waals surface area contributed by atoms with E-state index in [0.717, 1.165) is 17.6 Å². The predicted molar refractivity (Wildman–Crippen MR) is 150 cm³/mol. The van der Waals surface area contributed by atoms with Gasteiger partial charge in [-0.3, -0.25) is 4.79 Å². The molecule has 36 heavy (non-hydrogen) atoms. The lowest BCUT2D eigenvalue weighted by Gasteiger charge is -2.50. The number of Topliss-reactive ketones (excluding diaryl/α,β-unsaturated/α-hetero) is 1. The molecule has 0 aromatic heterocycles. The number of aliphatic hydroxyl groups is 1. The average Bonchev–Trinajstić information content (AvgIpc) is 2.84. The van der Waals surface area contributed by atoms with Crippen LogP contribution in [0.4, 0.5) is 0 Å². The molecule has 0 radical (unpaired) electrons. The van der Waals surface area contributed by atoms with Gasteiger partial charge >= 0.3 is 0 Å². The highest BCUT2D eigenvalue weighted by molar-refractivity contribution is 14.1. The van der Waals surface area contributed by atoms with Gasteiger partial charge in [0, 0.05) is 11.0 Å². The molecule has 1 aliphatic heterocycles. The quantitative estimate of drug-likeness (QED) is 0.261. The van der Waals surface area contributed by atoms with E-state index in [-0.39, 0.29) is 24.4 Å². The van der Waals surface area contributed by atoms with Gasteiger partial charge in [0.1, 0.15) is 6.10 Å². The van der Waals surface area contributed by atoms with E-state index in [9.17, 15) is 9.90 Å². The molecule has 5 atom stereocenters. The molecule has 1 N–H and O–H groups in total. The van der Waals surface area contributed by atoms with Crippen LogP contribution >= 0.6 is 22.6 Å². The largest absolute Gasteiger partial charge is 0.493 e. The van der Waals surface area contributed by atoms with Crippen molar-refractivity contribution in [1.29, 1.82) is 0 Å². The fraction of sp³-hybridized carbons (Fsp3) is 0.552. The van der Waals surface area contributed by atoms with Crippen LogP contribution in [0.3, 0.4) is 0 Å². The van der Waals surface area contributed by atoms with Crippen LogP contribution in [-0.2, 0) is 20.9 Å². The first-order valence-electron chi connectivity index (χ1n) is 12.4. The van der Waals surface area contributed by atoms with Crippen LogP contribution in [0.1, 0.15) is 52.5 Å². The van der Waals surface area contributed by atoms with Crippen LogP contribution in [0.5, 0.6) is 11.5 Å². The van der Waals surface area contributed by atoms with Gasteiger partial charge in [0.15, 0.2) is 17.3 Å². The zero-order valence-corrected chi connectivity index (χ0v) is 24.4. The van der Waals surface area contributed by atoms with Crippen molar-refractivity contribution in [2.24, 2.45) is 11.3 Å². The minimum Gasteiger partial charge on any atom is -0.493 e. The maximum Gasteiger partial charge on any atom is 0.192 e. The summed E-state index contributed by atoms with van der Waals surface area (Å²) < 4.78 is 24.6. The summed E-state index contributed by atoms with van der Waals surface area (Å²) in [5.41, 5.74) is 0.943. The predicted octanol–water partition coefficient (Wildman–Crippen LogP) is 5.96. The Morgan fingerprint density at radius 2 is 1.94 bits per heavy atom. The molecule has 7 heteroatoms. The van der Waals surface area contributed by atoms with Gasteiger partial charge < -0.3 is 24.1 Å². The molecule has 1 aliphatic carbocycles. The number of rotatable bonds is 10. The summed E-state index contributed by atoms with van der Waals surface area (Å²) in [5.74, 6) is 1.22. The number of ketones is 1. The van der Waals surface area contributed by atoms with E-state index in [1.54, 1.807) is 14.2 Å². The topological polar surface area (TPSA) is 74.2 Å². The van der Waals surface area contributed by atoms with E-state index in [2.05, 4.69) is 49.1 Å². The molecule has 2 aliphatic rings. The lowest BCUT2D eigenvalue weighted by Crippen LogP contribution is -2.58. The number of fused-ring (bicyclic) bond motifs is 1. The smallest absolute Gasteiger partial charge is 0.192 e. The van der Waals surface area contributed by atoms with Crippen LogP contribution in [-0.4, -0.2) is 49.5 Å². The first-order valence-corrected chi connectivity index (χ1v) is 13.5. The number of allylic oxidation sites excluding steroid dienone is 3. The number of hydrogen-bond acceptors (Lipinski definition) is 6. The molecule has 0 unspecified atom stereocenters. The summed E-state index contributed by atoms with van der Waals surface area (Å²) in [7, 11) is 3.20. The van der Waals surface area contributed by atoms with Crippen molar-refractivity contribution in [2.75, 3.05) is 20.8 Å². The number of benzene rings is 1. The number of halogens is 1. The molecule has 0 bridgehead atoms. The minimum atomic E-state index is -1.23. The lowest BCUT2D eigenvalue weighted by atomic mass is 9.62. The Balaban J connectivity index is 1.88. The van der Waals surface area contributed by atoms with Gasteiger partial charge in [-0.2, -0.15) is 0 Å². The maximum absolute atomic E-state index is 13.7. The zero-order valence-electron chi connectivity index (χ0n) is 22.2. The lowest BCUT2D eigenvalue weighted by molar-refractivity contribution is -0.180. The second-order valence-electron chi connectivity index (χ2n) is 10.2. The maximum atomic E-state index is 13.7. The van der Waals surface area contributed by atoms with Crippen molar-refractivity contribution >= 4 is 28.4 Å². The normalized spacial score (nSPS) is 30.7. The zero-order chi connectivity index (χ0) is 26.7. The van der Waals surface area contributed by atoms with Crippen molar-refractivity contribution < 1.29 is 28.8 Å². The number of aliphatic hydroxyl groups excluding tert-OH is 1. The van der Waals surface area contributed by atoms with Crippen molar-refractivity contribution in [2.45, 2.75) is 71.4 Å². The van der Waals surface area contributed by atoms with Crippen LogP contribution in [0.2, 0.25) is 0 Å². The van der Waals surface area contributed by atoms with E-state index in [1.165, 1.54) is 3.58 Å². The third-order valence-electron chi connectivity index (χ3n) is 7.85. The van der Waals surface area contributed by atoms with E-state index in [0.29, 0.717) is 36.5 Å². The Labute approximate surface area is 228 Å². The van der Waals surface area contributed by atoms with E-state index >= 15 is 0 Å². The first-order chi connectivity index (χ1) is 17.0. The van der Waals surface area contributed by atoms with E-state index < -0.39 is 17.1 Å². The molecule has 0 spiro atoms. The van der Waals surface area contributed by atoms with Crippen molar-refractivity contribution in [3.8, 4) is 11.5 Å². The average molecular weight is 611 g/mol. The number of hydrogen-bond donors (Lipinski definition) is 1. The van der Waals surface area contributed by atoms with Crippen molar-refractivity contribution in [3.63, 3.8) is 0 Å². The van der Waals surface area contributed by atoms with E-state index in [1.807, 2.05) is 38.1 Å². The summed E-state index contributed by atoms with van der Waals surface area (Å²) in [5, 5.41) is 11.1. The van der Waals surface area contributed by atoms with Crippen molar-refractivity contribution in [1.82, 2.24) is 0 Å². The summed E-state index contributed by atoms with van der Waals surface area (Å²) in [6.45, 7) is 12.8. The number of carbonyl (C=O) groups excluding carboxylic acids is 1. The fourth-order valence-corrected chi connectivity index (χ4v) is 5.56. The Morgan fingerprint density at radius 3 is 2.56 bits per heavy atom. The Kier molecular flexibility index (Phi) is 9.46. The van der Waals surface area contributed by atoms with Gasteiger partial charge in [-0.25, -0.2) is 0 Å². The summed E-state index contributed by atoms with van der Waals surface area (Å²) >= 11 is 2.26. The standard InChI is InChI=1S/C29H39IO6/c1-8-28(4)18(2)14-24-25(26(31)27(32)29(5,36-24)13-9-10-19(3)30)21(28)17-35-16-20-11-12-22(33-6)23(15-20)34-7/h8,10-12,15,18,24,27,32H,1,9,13-14,16-17H2,2-7H3/b19-10+/t18-,24-,27-,28+,29+/m1/s1. The molecule has 1 aromatic carbocycles. The minimum absolute atomic E-state index is 0.187. The molecule has 1 fully saturated rings. The van der Waals surface area contributed by atoms with E-state index in [4.69, 9.17) is 18.9 Å². The van der Waals surface area contributed by atoms with Gasteiger partial charge in [0.2, 0.25) is 0 Å². The number of methoxy groups -OCH3 is 2. The summed E-state index contributed by atoms with van der Waals surface area (Å²) in [6.07, 6.45) is 4.39. The van der Waals surface area contributed by atoms with Crippen LogP contribution < -0.4 is 9.47 Å². The highest BCUT2D eigenvalue weighted by atomic mass is 127. The second kappa shape index (κ2) is 11.8. The van der Waals surface area contributed by atoms with Gasteiger partial charge in [0.25, 0.3) is 0 Å². The van der Waals surface area contributed by atoms with Crippen LogP contribution in [0.15, 0.2) is 51.7 Å². The Morgan fingerprint density at radius 1 is 1.25 bits per heavy atom. The molecule has 1 saturated heterocycles. The van der Waals surface area contributed by atoms with Crippen LogP contribution in [0.25, 0.3) is 0 Å². The third kappa shape index (κ3) is 5.74.